The topological polar surface area (TPSA) is 46.2 Å². The Morgan fingerprint density at radius 3 is 2.41 bits per heavy atom. The van der Waals surface area contributed by atoms with Gasteiger partial charge in [0.1, 0.15) is 5.75 Å². The van der Waals surface area contributed by atoms with Gasteiger partial charge in [-0.15, -0.1) is 19.0 Å². The van der Waals surface area contributed by atoms with Crippen LogP contribution in [0.2, 0.25) is 0 Å². The van der Waals surface area contributed by atoms with E-state index in [1.807, 2.05) is 0 Å². The molecule has 0 aliphatic heterocycles. The van der Waals surface area contributed by atoms with E-state index in [-0.39, 0.29) is 18.8 Å². The minimum absolute atomic E-state index is 0. The van der Waals surface area contributed by atoms with Crippen molar-refractivity contribution in [3.05, 3.63) is 41.2 Å². The Labute approximate surface area is 103 Å². The van der Waals surface area contributed by atoms with Gasteiger partial charge in [0, 0.05) is 17.7 Å². The summed E-state index contributed by atoms with van der Waals surface area (Å²) >= 11 is 0. The first-order chi connectivity index (χ1) is 7.34. The third kappa shape index (κ3) is 3.38. The predicted octanol–water partition coefficient (Wildman–Crippen LogP) is 3.20. The van der Waals surface area contributed by atoms with Gasteiger partial charge >= 0.3 is 0 Å². The second-order valence-electron chi connectivity index (χ2n) is 3.69. The highest BCUT2D eigenvalue weighted by Crippen LogP contribution is 2.31. The van der Waals surface area contributed by atoms with Gasteiger partial charge in [-0.2, -0.15) is 0 Å². The van der Waals surface area contributed by atoms with Crippen molar-refractivity contribution < 1.29 is 18.3 Å². The molecule has 0 aromatic heterocycles. The molecule has 0 unspecified atom stereocenters. The monoisotopic (exact) mass is 267 g/mol. The summed E-state index contributed by atoms with van der Waals surface area (Å²) in [5, 5.41) is 9.32. The van der Waals surface area contributed by atoms with Gasteiger partial charge in [-0.25, -0.2) is 13.2 Å². The van der Waals surface area contributed by atoms with Crippen LogP contribution in [0.15, 0.2) is 18.2 Å². The number of hydrogen-bond donors (Lipinski definition) is 2. The molecule has 0 saturated heterocycles. The summed E-state index contributed by atoms with van der Waals surface area (Å²) in [6.07, 6.45) is 0.176. The minimum atomic E-state index is -1.63. The van der Waals surface area contributed by atoms with E-state index in [9.17, 15) is 18.3 Å². The molecule has 2 nitrogen and oxygen atoms in total. The lowest BCUT2D eigenvalue weighted by Crippen LogP contribution is -2.14. The number of hydrogen-bond acceptors (Lipinski definition) is 2. The van der Waals surface area contributed by atoms with Gasteiger partial charge in [-0.05, 0) is 13.3 Å². The van der Waals surface area contributed by atoms with Crippen LogP contribution >= 0.6 is 12.4 Å². The van der Waals surface area contributed by atoms with E-state index in [0.717, 1.165) is 0 Å². The van der Waals surface area contributed by atoms with Crippen LogP contribution in [-0.2, 0) is 0 Å². The SMILES string of the molecule is C=C(C)C[C@H](N)c1c(O)cc(F)c(F)c1F.Cl. The Bertz CT molecular complexity index is 437. The van der Waals surface area contributed by atoms with E-state index in [4.69, 9.17) is 5.73 Å². The van der Waals surface area contributed by atoms with Gasteiger partial charge < -0.3 is 10.8 Å². The first-order valence-electron chi connectivity index (χ1n) is 4.61. The Hall–Kier alpha value is -1.20. The zero-order valence-electron chi connectivity index (χ0n) is 9.14. The molecule has 0 heterocycles. The normalized spacial score (nSPS) is 11.8. The summed E-state index contributed by atoms with van der Waals surface area (Å²) in [4.78, 5) is 0. The van der Waals surface area contributed by atoms with Crippen molar-refractivity contribution in [1.29, 1.82) is 0 Å². The Kier molecular flexibility index (Phi) is 5.51. The Morgan fingerprint density at radius 1 is 1.41 bits per heavy atom. The molecule has 3 N–H and O–H groups in total. The molecule has 6 heteroatoms. The minimum Gasteiger partial charge on any atom is -0.507 e. The molecule has 1 atom stereocenters. The van der Waals surface area contributed by atoms with Crippen LogP contribution in [0.25, 0.3) is 0 Å². The van der Waals surface area contributed by atoms with Crippen molar-refractivity contribution >= 4 is 12.4 Å². The molecule has 0 fully saturated rings. The number of aromatic hydroxyl groups is 1. The quantitative estimate of drug-likeness (QED) is 0.653. The van der Waals surface area contributed by atoms with Crippen LogP contribution in [0.1, 0.15) is 24.9 Å². The fourth-order valence-electron chi connectivity index (χ4n) is 1.43. The van der Waals surface area contributed by atoms with E-state index in [0.29, 0.717) is 11.6 Å². The lowest BCUT2D eigenvalue weighted by Gasteiger charge is -2.15. The van der Waals surface area contributed by atoms with Gasteiger partial charge in [-0.3, -0.25) is 0 Å². The summed E-state index contributed by atoms with van der Waals surface area (Å²) in [5.41, 5.74) is 5.79. The predicted molar refractivity (Wildman–Crippen MR) is 61.6 cm³/mol. The summed E-state index contributed by atoms with van der Waals surface area (Å²) in [6.45, 7) is 5.23. The molecule has 17 heavy (non-hydrogen) atoms. The van der Waals surface area contributed by atoms with Crippen molar-refractivity contribution in [2.75, 3.05) is 0 Å². The van der Waals surface area contributed by atoms with E-state index in [1.165, 1.54) is 0 Å². The molecular weight excluding hydrogens is 255 g/mol. The van der Waals surface area contributed by atoms with Crippen molar-refractivity contribution in [2.24, 2.45) is 5.73 Å². The first-order valence-corrected chi connectivity index (χ1v) is 4.61. The van der Waals surface area contributed by atoms with Crippen LogP contribution in [0.5, 0.6) is 5.75 Å². The van der Waals surface area contributed by atoms with Crippen molar-refractivity contribution in [2.45, 2.75) is 19.4 Å². The third-order valence-corrected chi connectivity index (χ3v) is 2.12. The van der Waals surface area contributed by atoms with Crippen LogP contribution in [0, 0.1) is 17.5 Å². The lowest BCUT2D eigenvalue weighted by atomic mass is 9.99. The fraction of sp³-hybridized carbons (Fsp3) is 0.273. The lowest BCUT2D eigenvalue weighted by molar-refractivity contribution is 0.400. The molecule has 0 radical (unpaired) electrons. The average molecular weight is 268 g/mol. The molecule has 0 bridgehead atoms. The number of benzene rings is 1. The summed E-state index contributed by atoms with van der Waals surface area (Å²) < 4.78 is 39.0. The molecule has 0 aliphatic rings. The molecule has 0 spiro atoms. The Balaban J connectivity index is 0.00000256. The van der Waals surface area contributed by atoms with E-state index < -0.39 is 34.8 Å². The van der Waals surface area contributed by atoms with Crippen LogP contribution < -0.4 is 5.73 Å². The maximum Gasteiger partial charge on any atom is 0.195 e. The standard InChI is InChI=1S/C11H12F3NO.ClH/c1-5(2)3-7(15)9-8(16)4-6(12)10(13)11(9)14;/h4,7,16H,1,3,15H2,2H3;1H/t7-;/m0./s1. The van der Waals surface area contributed by atoms with Gasteiger partial charge in [-0.1, -0.05) is 5.57 Å². The molecule has 96 valence electrons. The van der Waals surface area contributed by atoms with E-state index in [2.05, 4.69) is 6.58 Å². The van der Waals surface area contributed by atoms with Gasteiger partial charge in [0.05, 0.1) is 0 Å². The first kappa shape index (κ1) is 15.8. The Morgan fingerprint density at radius 2 is 1.94 bits per heavy atom. The maximum absolute atomic E-state index is 13.3. The second kappa shape index (κ2) is 5.93. The van der Waals surface area contributed by atoms with Crippen LogP contribution in [0.4, 0.5) is 13.2 Å². The summed E-state index contributed by atoms with van der Waals surface area (Å²) in [5.74, 6) is -5.22. The number of phenols is 1. The summed E-state index contributed by atoms with van der Waals surface area (Å²) in [7, 11) is 0. The maximum atomic E-state index is 13.3. The van der Waals surface area contributed by atoms with E-state index >= 15 is 0 Å². The van der Waals surface area contributed by atoms with Gasteiger partial charge in [0.2, 0.25) is 0 Å². The number of nitrogens with two attached hydrogens (primary N) is 1. The molecule has 0 aliphatic carbocycles. The summed E-state index contributed by atoms with van der Waals surface area (Å²) in [6, 6.07) is -0.445. The number of rotatable bonds is 3. The second-order valence-corrected chi connectivity index (χ2v) is 3.69. The average Bonchev–Trinajstić information content (AvgIpc) is 2.13. The van der Waals surface area contributed by atoms with Crippen molar-refractivity contribution in [3.8, 4) is 5.75 Å². The largest absolute Gasteiger partial charge is 0.507 e. The van der Waals surface area contributed by atoms with Gasteiger partial charge in [0.25, 0.3) is 0 Å². The molecule has 1 aromatic carbocycles. The smallest absolute Gasteiger partial charge is 0.195 e. The third-order valence-electron chi connectivity index (χ3n) is 2.12. The highest BCUT2D eigenvalue weighted by Gasteiger charge is 2.22. The molecule has 0 amide bonds. The highest BCUT2D eigenvalue weighted by molar-refractivity contribution is 5.85. The highest BCUT2D eigenvalue weighted by atomic mass is 35.5. The molecule has 1 rings (SSSR count). The van der Waals surface area contributed by atoms with Crippen LogP contribution in [0.3, 0.4) is 0 Å². The molecular formula is C11H13ClF3NO. The fourth-order valence-corrected chi connectivity index (χ4v) is 1.43. The number of halogens is 4. The zero-order valence-corrected chi connectivity index (χ0v) is 9.95. The molecule has 0 saturated carbocycles. The van der Waals surface area contributed by atoms with Crippen LogP contribution in [-0.4, -0.2) is 5.11 Å². The van der Waals surface area contributed by atoms with Gasteiger partial charge in [0.15, 0.2) is 17.5 Å². The molecule has 1 aromatic rings. The van der Waals surface area contributed by atoms with E-state index in [1.54, 1.807) is 6.92 Å². The van der Waals surface area contributed by atoms with Crippen molar-refractivity contribution in [3.63, 3.8) is 0 Å². The van der Waals surface area contributed by atoms with Crippen molar-refractivity contribution in [1.82, 2.24) is 0 Å². The zero-order chi connectivity index (χ0) is 12.5. The number of phenolic OH excluding ortho intramolecular Hbond substituents is 1.